The maximum atomic E-state index is 10.0. The quantitative estimate of drug-likeness (QED) is 0.605. The number of carbonyl (C=O) groups excluding carboxylic acids is 1. The van der Waals surface area contributed by atoms with E-state index in [-0.39, 0.29) is 6.10 Å². The molecule has 1 amide bonds. The van der Waals surface area contributed by atoms with Gasteiger partial charge in [0.1, 0.15) is 5.60 Å². The molecule has 0 bridgehead atoms. The maximum absolute atomic E-state index is 10.0. The Labute approximate surface area is 79.1 Å². The van der Waals surface area contributed by atoms with Crippen LogP contribution in [0.15, 0.2) is 0 Å². The van der Waals surface area contributed by atoms with E-state index in [9.17, 15) is 4.79 Å². The first-order valence-corrected chi connectivity index (χ1v) is 4.48. The fourth-order valence-corrected chi connectivity index (χ4v) is 0.688. The highest BCUT2D eigenvalue weighted by atomic mass is 16.6. The summed E-state index contributed by atoms with van der Waals surface area (Å²) in [4.78, 5) is 10.0. The molecule has 1 fully saturated rings. The van der Waals surface area contributed by atoms with E-state index >= 15 is 0 Å². The van der Waals surface area contributed by atoms with Crippen LogP contribution in [0.4, 0.5) is 4.79 Å². The molecule has 0 spiro atoms. The van der Waals surface area contributed by atoms with Crippen LogP contribution in [0.1, 0.15) is 40.0 Å². The molecule has 0 saturated heterocycles. The molecular weight excluding hydrogens is 170 g/mol. The molecule has 0 atom stereocenters. The molecule has 13 heavy (non-hydrogen) atoms. The third-order valence-electron chi connectivity index (χ3n) is 1.48. The summed E-state index contributed by atoms with van der Waals surface area (Å²) in [5.41, 5.74) is 4.26. The highest BCUT2D eigenvalue weighted by Gasteiger charge is 2.12. The van der Waals surface area contributed by atoms with Crippen LogP contribution in [0.25, 0.3) is 0 Å². The fraction of sp³-hybridized carbons (Fsp3) is 0.889. The van der Waals surface area contributed by atoms with Crippen LogP contribution in [0.3, 0.4) is 0 Å². The number of amides is 1. The van der Waals surface area contributed by atoms with Gasteiger partial charge in [-0.1, -0.05) is 0 Å². The predicted molar refractivity (Wildman–Crippen MR) is 50.3 cm³/mol. The third-order valence-corrected chi connectivity index (χ3v) is 1.48. The van der Waals surface area contributed by atoms with Gasteiger partial charge in [0.05, 0.1) is 6.10 Å². The smallest absolute Gasteiger partial charge is 0.405 e. The van der Waals surface area contributed by atoms with Crippen molar-refractivity contribution in [2.24, 2.45) is 5.73 Å². The van der Waals surface area contributed by atoms with Crippen molar-refractivity contribution in [3.63, 3.8) is 0 Å². The molecule has 0 aromatic heterocycles. The molecule has 0 heterocycles. The number of nitrogens with two attached hydrogens (primary N) is 1. The van der Waals surface area contributed by atoms with Crippen molar-refractivity contribution in [3.05, 3.63) is 0 Å². The van der Waals surface area contributed by atoms with Gasteiger partial charge < -0.3 is 15.6 Å². The van der Waals surface area contributed by atoms with Crippen molar-refractivity contribution in [1.29, 1.82) is 0 Å². The Morgan fingerprint density at radius 3 is 1.85 bits per heavy atom. The highest BCUT2D eigenvalue weighted by molar-refractivity contribution is 5.65. The van der Waals surface area contributed by atoms with Gasteiger partial charge in [0.15, 0.2) is 0 Å². The van der Waals surface area contributed by atoms with E-state index in [1.165, 1.54) is 6.42 Å². The number of hydrogen-bond donors (Lipinski definition) is 2. The molecule has 4 nitrogen and oxygen atoms in total. The fourth-order valence-electron chi connectivity index (χ4n) is 0.688. The highest BCUT2D eigenvalue weighted by Crippen LogP contribution is 2.16. The minimum atomic E-state index is -0.725. The molecule has 0 radical (unpaired) electrons. The first kappa shape index (κ1) is 12.2. The van der Waals surface area contributed by atoms with Gasteiger partial charge in [-0.15, -0.1) is 0 Å². The predicted octanol–water partition coefficient (Wildman–Crippen LogP) is 1.41. The van der Waals surface area contributed by atoms with E-state index in [1.54, 1.807) is 20.8 Å². The van der Waals surface area contributed by atoms with Gasteiger partial charge in [0.2, 0.25) is 0 Å². The van der Waals surface area contributed by atoms with Gasteiger partial charge in [-0.2, -0.15) is 0 Å². The average molecular weight is 189 g/mol. The van der Waals surface area contributed by atoms with Crippen LogP contribution in [0.2, 0.25) is 0 Å². The molecule has 1 saturated carbocycles. The zero-order valence-electron chi connectivity index (χ0n) is 8.54. The molecule has 1 aliphatic carbocycles. The molecule has 78 valence electrons. The van der Waals surface area contributed by atoms with Crippen LogP contribution in [-0.4, -0.2) is 22.9 Å². The van der Waals surface area contributed by atoms with E-state index in [4.69, 9.17) is 10.8 Å². The third kappa shape index (κ3) is 9.14. The zero-order chi connectivity index (χ0) is 10.5. The Balaban J connectivity index is 0.000000243. The normalized spacial score (nSPS) is 16.6. The number of primary amides is 1. The lowest BCUT2D eigenvalue weighted by molar-refractivity contribution is 0.0600. The lowest BCUT2D eigenvalue weighted by Gasteiger charge is -2.17. The first-order chi connectivity index (χ1) is 5.81. The molecular formula is C9H19NO3. The van der Waals surface area contributed by atoms with Crippen LogP contribution < -0.4 is 5.73 Å². The number of aliphatic hydroxyl groups excluding tert-OH is 1. The minimum Gasteiger partial charge on any atom is -0.444 e. The number of rotatable bonds is 0. The number of hydrogen-bond acceptors (Lipinski definition) is 3. The zero-order valence-corrected chi connectivity index (χ0v) is 8.54. The molecule has 4 heteroatoms. The first-order valence-electron chi connectivity index (χ1n) is 4.48. The van der Waals surface area contributed by atoms with Crippen LogP contribution >= 0.6 is 0 Å². The van der Waals surface area contributed by atoms with Crippen molar-refractivity contribution in [1.82, 2.24) is 0 Å². The molecule has 0 aliphatic heterocycles. The van der Waals surface area contributed by atoms with Gasteiger partial charge in [-0.05, 0) is 40.0 Å². The van der Waals surface area contributed by atoms with Gasteiger partial charge in [-0.25, -0.2) is 4.79 Å². The van der Waals surface area contributed by atoms with E-state index in [0.29, 0.717) is 0 Å². The second-order valence-corrected chi connectivity index (χ2v) is 4.12. The molecule has 0 aromatic carbocycles. The van der Waals surface area contributed by atoms with E-state index in [0.717, 1.165) is 12.8 Å². The minimum absolute atomic E-state index is 0.0648. The summed E-state index contributed by atoms with van der Waals surface area (Å²) in [6.45, 7) is 5.28. The van der Waals surface area contributed by atoms with Gasteiger partial charge in [0.25, 0.3) is 0 Å². The van der Waals surface area contributed by atoms with Crippen LogP contribution in [0.5, 0.6) is 0 Å². The van der Waals surface area contributed by atoms with Gasteiger partial charge in [0, 0.05) is 0 Å². The van der Waals surface area contributed by atoms with Gasteiger partial charge in [-0.3, -0.25) is 0 Å². The number of ether oxygens (including phenoxy) is 1. The van der Waals surface area contributed by atoms with Crippen molar-refractivity contribution in [3.8, 4) is 0 Å². The lowest BCUT2D eigenvalue weighted by Crippen LogP contribution is -2.27. The monoisotopic (exact) mass is 189 g/mol. The summed E-state index contributed by atoms with van der Waals surface area (Å²) in [7, 11) is 0. The van der Waals surface area contributed by atoms with E-state index in [1.807, 2.05) is 0 Å². The molecule has 1 rings (SSSR count). The topological polar surface area (TPSA) is 72.5 Å². The SMILES string of the molecule is CC(C)(C)OC(N)=O.OC1CCC1. The molecule has 3 N–H and O–H groups in total. The summed E-state index contributed by atoms with van der Waals surface area (Å²) in [6, 6.07) is 0. The summed E-state index contributed by atoms with van der Waals surface area (Å²) >= 11 is 0. The van der Waals surface area contributed by atoms with Crippen molar-refractivity contribution >= 4 is 6.09 Å². The Bertz CT molecular complexity index is 159. The summed E-state index contributed by atoms with van der Waals surface area (Å²) in [5, 5.41) is 8.45. The van der Waals surface area contributed by atoms with Crippen molar-refractivity contribution in [2.75, 3.05) is 0 Å². The lowest BCUT2D eigenvalue weighted by atomic mass is 9.97. The van der Waals surface area contributed by atoms with Gasteiger partial charge >= 0.3 is 6.09 Å². The molecule has 1 aliphatic rings. The Morgan fingerprint density at radius 1 is 1.46 bits per heavy atom. The Hall–Kier alpha value is -0.770. The second-order valence-electron chi connectivity index (χ2n) is 4.12. The van der Waals surface area contributed by atoms with E-state index < -0.39 is 11.7 Å². The molecule has 0 unspecified atom stereocenters. The largest absolute Gasteiger partial charge is 0.444 e. The Morgan fingerprint density at radius 2 is 1.85 bits per heavy atom. The summed E-state index contributed by atoms with van der Waals surface area (Å²) in [6.07, 6.45) is 2.66. The van der Waals surface area contributed by atoms with Crippen LogP contribution in [-0.2, 0) is 4.74 Å². The number of aliphatic hydroxyl groups is 1. The van der Waals surface area contributed by atoms with Crippen LogP contribution in [0, 0.1) is 0 Å². The standard InChI is InChI=1S/C5H11NO2.C4H8O/c1-5(2,3)8-4(6)7;5-4-2-1-3-4/h1-3H3,(H2,6,7);4-5H,1-3H2. The number of carbonyl (C=O) groups is 1. The maximum Gasteiger partial charge on any atom is 0.405 e. The summed E-state index contributed by atoms with van der Waals surface area (Å²) in [5.74, 6) is 0. The molecule has 0 aromatic rings. The average Bonchev–Trinajstić information content (AvgIpc) is 1.78. The second kappa shape index (κ2) is 5.07. The summed E-state index contributed by atoms with van der Waals surface area (Å²) < 4.78 is 4.58. The van der Waals surface area contributed by atoms with Crippen molar-refractivity contribution < 1.29 is 14.6 Å². The van der Waals surface area contributed by atoms with E-state index in [2.05, 4.69) is 4.74 Å². The Kier molecular flexibility index (Phi) is 4.77. The van der Waals surface area contributed by atoms with Crippen molar-refractivity contribution in [2.45, 2.75) is 51.7 Å².